The maximum absolute atomic E-state index is 6.05. The molecule has 0 bridgehead atoms. The topological polar surface area (TPSA) is 63.8 Å². The lowest BCUT2D eigenvalue weighted by atomic mass is 10.1. The Balaban J connectivity index is 1.87. The molecule has 0 unspecified atom stereocenters. The van der Waals surface area contributed by atoms with Gasteiger partial charge in [0.05, 0.1) is 11.1 Å². The van der Waals surface area contributed by atoms with Crippen molar-refractivity contribution in [2.75, 3.05) is 6.54 Å². The number of nitrogens with one attached hydrogen (secondary N) is 1. The Morgan fingerprint density at radius 1 is 1.39 bits per heavy atom. The lowest BCUT2D eigenvalue weighted by Gasteiger charge is -2.19. The summed E-state index contributed by atoms with van der Waals surface area (Å²) in [4.78, 5) is 8.55. The zero-order valence-electron chi connectivity index (χ0n) is 9.77. The maximum atomic E-state index is 6.05. The van der Waals surface area contributed by atoms with Gasteiger partial charge in [-0.05, 0) is 31.5 Å². The van der Waals surface area contributed by atoms with Gasteiger partial charge in [0.15, 0.2) is 0 Å². The molecule has 0 saturated carbocycles. The molecule has 1 N–H and O–H groups in total. The zero-order valence-corrected chi connectivity index (χ0v) is 10.5. The Morgan fingerprint density at radius 3 is 3.11 bits per heavy atom. The summed E-state index contributed by atoms with van der Waals surface area (Å²) >= 11 is 6.05. The lowest BCUT2D eigenvalue weighted by Crippen LogP contribution is -2.26. The smallest absolute Gasteiger partial charge is 0.244 e. The van der Waals surface area contributed by atoms with E-state index >= 15 is 0 Å². The molecule has 2 aromatic rings. The number of piperidine rings is 1. The number of pyridine rings is 1. The van der Waals surface area contributed by atoms with E-state index in [-0.39, 0.29) is 6.04 Å². The van der Waals surface area contributed by atoms with E-state index in [1.165, 1.54) is 12.8 Å². The SMILES string of the molecule is Clc1cccnc1-c1noc([C@@H]2CCCCN2)n1. The van der Waals surface area contributed by atoms with Crippen molar-refractivity contribution >= 4 is 11.6 Å². The van der Waals surface area contributed by atoms with Gasteiger partial charge in [0.1, 0.15) is 5.69 Å². The van der Waals surface area contributed by atoms with Crippen molar-refractivity contribution in [3.8, 4) is 11.5 Å². The fraction of sp³-hybridized carbons (Fsp3) is 0.417. The summed E-state index contributed by atoms with van der Waals surface area (Å²) in [6.45, 7) is 0.993. The predicted octanol–water partition coefficient (Wildman–Crippen LogP) is 2.60. The third-order valence-corrected chi connectivity index (χ3v) is 3.33. The van der Waals surface area contributed by atoms with E-state index in [2.05, 4.69) is 20.4 Å². The minimum atomic E-state index is 0.155. The van der Waals surface area contributed by atoms with Crippen LogP contribution in [0, 0.1) is 0 Å². The molecule has 18 heavy (non-hydrogen) atoms. The average molecular weight is 265 g/mol. The second kappa shape index (κ2) is 5.04. The number of rotatable bonds is 2. The summed E-state index contributed by atoms with van der Waals surface area (Å²) in [6, 6.07) is 3.69. The highest BCUT2D eigenvalue weighted by atomic mass is 35.5. The molecular formula is C12H13ClN4O. The fourth-order valence-electron chi connectivity index (χ4n) is 2.09. The summed E-state index contributed by atoms with van der Waals surface area (Å²) in [5, 5.41) is 7.84. The molecule has 0 aliphatic carbocycles. The van der Waals surface area contributed by atoms with Gasteiger partial charge in [-0.1, -0.05) is 23.2 Å². The molecule has 1 aliphatic heterocycles. The number of hydrogen-bond donors (Lipinski definition) is 1. The van der Waals surface area contributed by atoms with Crippen molar-refractivity contribution in [2.24, 2.45) is 0 Å². The first kappa shape index (κ1) is 11.6. The standard InChI is InChI=1S/C12H13ClN4O/c13-8-4-3-7-15-10(8)11-16-12(18-17-11)9-5-1-2-6-14-9/h3-4,7,9,14H,1-2,5-6H2/t9-/m0/s1. The molecule has 0 spiro atoms. The number of halogens is 1. The van der Waals surface area contributed by atoms with Crippen molar-refractivity contribution < 1.29 is 4.52 Å². The number of nitrogens with zero attached hydrogens (tertiary/aromatic N) is 3. The third kappa shape index (κ3) is 2.23. The monoisotopic (exact) mass is 264 g/mol. The highest BCUT2D eigenvalue weighted by Gasteiger charge is 2.22. The van der Waals surface area contributed by atoms with Crippen molar-refractivity contribution in [1.82, 2.24) is 20.4 Å². The summed E-state index contributed by atoms with van der Waals surface area (Å²) in [6.07, 6.45) is 5.07. The van der Waals surface area contributed by atoms with Crippen LogP contribution in [0.1, 0.15) is 31.2 Å². The van der Waals surface area contributed by atoms with Crippen LogP contribution in [-0.2, 0) is 0 Å². The molecule has 3 rings (SSSR count). The zero-order chi connectivity index (χ0) is 12.4. The van der Waals surface area contributed by atoms with E-state index in [9.17, 15) is 0 Å². The summed E-state index contributed by atoms with van der Waals surface area (Å²) in [5.74, 6) is 1.06. The first-order valence-electron chi connectivity index (χ1n) is 6.02. The Bertz CT molecular complexity index is 536. The van der Waals surface area contributed by atoms with E-state index in [4.69, 9.17) is 16.1 Å². The van der Waals surface area contributed by atoms with Crippen LogP contribution >= 0.6 is 11.6 Å². The molecule has 3 heterocycles. The van der Waals surface area contributed by atoms with Crippen molar-refractivity contribution in [3.05, 3.63) is 29.2 Å². The van der Waals surface area contributed by atoms with Crippen LogP contribution in [0.4, 0.5) is 0 Å². The lowest BCUT2D eigenvalue weighted by molar-refractivity contribution is 0.297. The molecule has 1 aliphatic rings. The van der Waals surface area contributed by atoms with Gasteiger partial charge in [0.2, 0.25) is 11.7 Å². The van der Waals surface area contributed by atoms with E-state index in [1.54, 1.807) is 18.3 Å². The fourth-order valence-corrected chi connectivity index (χ4v) is 2.29. The summed E-state index contributed by atoms with van der Waals surface area (Å²) in [5.41, 5.74) is 0.560. The van der Waals surface area contributed by atoms with Gasteiger partial charge in [0.25, 0.3) is 0 Å². The molecule has 2 aromatic heterocycles. The Morgan fingerprint density at radius 2 is 2.33 bits per heavy atom. The highest BCUT2D eigenvalue weighted by Crippen LogP contribution is 2.26. The predicted molar refractivity (Wildman–Crippen MR) is 67.1 cm³/mol. The van der Waals surface area contributed by atoms with Crippen molar-refractivity contribution in [1.29, 1.82) is 0 Å². The molecule has 1 atom stereocenters. The minimum absolute atomic E-state index is 0.155. The minimum Gasteiger partial charge on any atom is -0.337 e. The van der Waals surface area contributed by atoms with Gasteiger partial charge < -0.3 is 9.84 Å². The van der Waals surface area contributed by atoms with Crippen LogP contribution in [0.5, 0.6) is 0 Å². The molecule has 6 heteroatoms. The molecule has 94 valence electrons. The summed E-state index contributed by atoms with van der Waals surface area (Å²) in [7, 11) is 0. The third-order valence-electron chi connectivity index (χ3n) is 3.02. The van der Waals surface area contributed by atoms with E-state index in [0.29, 0.717) is 22.4 Å². The second-order valence-electron chi connectivity index (χ2n) is 4.29. The summed E-state index contributed by atoms with van der Waals surface area (Å²) < 4.78 is 5.29. The number of hydrogen-bond acceptors (Lipinski definition) is 5. The normalized spacial score (nSPS) is 19.9. The van der Waals surface area contributed by atoms with Gasteiger partial charge in [-0.25, -0.2) is 0 Å². The van der Waals surface area contributed by atoms with E-state index in [0.717, 1.165) is 13.0 Å². The highest BCUT2D eigenvalue weighted by molar-refractivity contribution is 6.32. The Kier molecular flexibility index (Phi) is 3.25. The van der Waals surface area contributed by atoms with Crippen LogP contribution in [-0.4, -0.2) is 21.7 Å². The molecule has 1 saturated heterocycles. The maximum Gasteiger partial charge on any atom is 0.244 e. The van der Waals surface area contributed by atoms with Crippen molar-refractivity contribution in [3.63, 3.8) is 0 Å². The van der Waals surface area contributed by atoms with Gasteiger partial charge in [-0.15, -0.1) is 0 Å². The van der Waals surface area contributed by atoms with Crippen LogP contribution < -0.4 is 5.32 Å². The largest absolute Gasteiger partial charge is 0.337 e. The van der Waals surface area contributed by atoms with Gasteiger partial charge in [0, 0.05) is 6.20 Å². The Labute approximate surface area is 110 Å². The average Bonchev–Trinajstić information content (AvgIpc) is 2.90. The second-order valence-corrected chi connectivity index (χ2v) is 4.70. The van der Waals surface area contributed by atoms with E-state index in [1.807, 2.05) is 0 Å². The van der Waals surface area contributed by atoms with Gasteiger partial charge >= 0.3 is 0 Å². The van der Waals surface area contributed by atoms with E-state index < -0.39 is 0 Å². The van der Waals surface area contributed by atoms with Crippen LogP contribution in [0.25, 0.3) is 11.5 Å². The van der Waals surface area contributed by atoms with Crippen molar-refractivity contribution in [2.45, 2.75) is 25.3 Å². The molecule has 0 radical (unpaired) electrons. The first-order valence-corrected chi connectivity index (χ1v) is 6.40. The Hall–Kier alpha value is -1.46. The first-order chi connectivity index (χ1) is 8.84. The molecule has 0 aromatic carbocycles. The molecule has 1 fully saturated rings. The molecule has 0 amide bonds. The van der Waals surface area contributed by atoms with Gasteiger partial charge in [-0.3, -0.25) is 4.98 Å². The van der Waals surface area contributed by atoms with Crippen LogP contribution in [0.3, 0.4) is 0 Å². The van der Waals surface area contributed by atoms with Crippen LogP contribution in [0.15, 0.2) is 22.9 Å². The quantitative estimate of drug-likeness (QED) is 0.903. The van der Waals surface area contributed by atoms with Crippen LogP contribution in [0.2, 0.25) is 5.02 Å². The number of aromatic nitrogens is 3. The molecular weight excluding hydrogens is 252 g/mol. The van der Waals surface area contributed by atoms with Gasteiger partial charge in [-0.2, -0.15) is 4.98 Å². The molecule has 5 nitrogen and oxygen atoms in total.